The summed E-state index contributed by atoms with van der Waals surface area (Å²) in [6, 6.07) is 13.4. The van der Waals surface area contributed by atoms with Gasteiger partial charge in [0.2, 0.25) is 5.91 Å². The zero-order chi connectivity index (χ0) is 20.3. The SMILES string of the molecule is CCCCN1C(=O)c2ccccc2[C@@H](C(=O)NCc2ccccn2)C12CCCC2. The van der Waals surface area contributed by atoms with Crippen molar-refractivity contribution in [2.75, 3.05) is 6.54 Å². The second-order valence-corrected chi connectivity index (χ2v) is 8.18. The maximum absolute atomic E-state index is 13.5. The minimum atomic E-state index is -0.408. The Morgan fingerprint density at radius 1 is 1.17 bits per heavy atom. The summed E-state index contributed by atoms with van der Waals surface area (Å²) in [6.45, 7) is 3.26. The fourth-order valence-electron chi connectivity index (χ4n) is 5.09. The number of benzene rings is 1. The quantitative estimate of drug-likeness (QED) is 0.808. The zero-order valence-electron chi connectivity index (χ0n) is 17.1. The molecule has 1 N–H and O–H groups in total. The van der Waals surface area contributed by atoms with Gasteiger partial charge in [0.15, 0.2) is 0 Å². The molecule has 29 heavy (non-hydrogen) atoms. The number of carbonyl (C=O) groups excluding carboxylic acids is 2. The number of unbranched alkanes of at least 4 members (excludes halogenated alkanes) is 1. The van der Waals surface area contributed by atoms with Crippen LogP contribution in [0.2, 0.25) is 0 Å². The average Bonchev–Trinajstić information content (AvgIpc) is 3.23. The fourth-order valence-corrected chi connectivity index (χ4v) is 5.09. The summed E-state index contributed by atoms with van der Waals surface area (Å²) < 4.78 is 0. The average molecular weight is 392 g/mol. The summed E-state index contributed by atoms with van der Waals surface area (Å²) in [4.78, 5) is 33.3. The molecule has 152 valence electrons. The van der Waals surface area contributed by atoms with E-state index >= 15 is 0 Å². The Kier molecular flexibility index (Phi) is 5.65. The minimum absolute atomic E-state index is 0.000925. The van der Waals surface area contributed by atoms with Crippen LogP contribution in [0.4, 0.5) is 0 Å². The van der Waals surface area contributed by atoms with Crippen LogP contribution >= 0.6 is 0 Å². The van der Waals surface area contributed by atoms with Gasteiger partial charge in [-0.2, -0.15) is 0 Å². The predicted octanol–water partition coefficient (Wildman–Crippen LogP) is 4.05. The van der Waals surface area contributed by atoms with Gasteiger partial charge in [0.05, 0.1) is 23.7 Å². The molecular weight excluding hydrogens is 362 g/mol. The van der Waals surface area contributed by atoms with Crippen molar-refractivity contribution in [3.05, 3.63) is 65.5 Å². The van der Waals surface area contributed by atoms with Gasteiger partial charge < -0.3 is 10.2 Å². The van der Waals surface area contributed by atoms with Gasteiger partial charge in [0.1, 0.15) is 0 Å². The minimum Gasteiger partial charge on any atom is -0.350 e. The molecule has 0 bridgehead atoms. The van der Waals surface area contributed by atoms with Crippen molar-refractivity contribution in [2.45, 2.75) is 63.5 Å². The first-order valence-corrected chi connectivity index (χ1v) is 10.8. The topological polar surface area (TPSA) is 62.3 Å². The van der Waals surface area contributed by atoms with Crippen LogP contribution in [0.1, 0.15) is 73.0 Å². The number of nitrogens with zero attached hydrogens (tertiary/aromatic N) is 2. The molecule has 0 unspecified atom stereocenters. The van der Waals surface area contributed by atoms with E-state index in [2.05, 4.69) is 17.2 Å². The van der Waals surface area contributed by atoms with E-state index in [9.17, 15) is 9.59 Å². The number of fused-ring (bicyclic) bond motifs is 1. The van der Waals surface area contributed by atoms with Crippen LogP contribution in [0.15, 0.2) is 48.7 Å². The van der Waals surface area contributed by atoms with Crippen LogP contribution in [0, 0.1) is 0 Å². The summed E-state index contributed by atoms with van der Waals surface area (Å²) in [5.74, 6) is -0.247. The van der Waals surface area contributed by atoms with Crippen molar-refractivity contribution in [2.24, 2.45) is 0 Å². The fraction of sp³-hybridized carbons (Fsp3) is 0.458. The molecule has 4 rings (SSSR count). The molecule has 5 heteroatoms. The Morgan fingerprint density at radius 3 is 2.66 bits per heavy atom. The number of hydrogen-bond acceptors (Lipinski definition) is 3. The molecule has 2 aliphatic rings. The number of pyridine rings is 1. The monoisotopic (exact) mass is 391 g/mol. The highest BCUT2D eigenvalue weighted by Crippen LogP contribution is 2.50. The van der Waals surface area contributed by atoms with Crippen molar-refractivity contribution in [3.63, 3.8) is 0 Å². The second-order valence-electron chi connectivity index (χ2n) is 8.18. The lowest BCUT2D eigenvalue weighted by molar-refractivity contribution is -0.126. The molecule has 1 fully saturated rings. The first-order valence-electron chi connectivity index (χ1n) is 10.8. The molecule has 1 aromatic heterocycles. The van der Waals surface area contributed by atoms with Gasteiger partial charge in [-0.3, -0.25) is 14.6 Å². The maximum Gasteiger partial charge on any atom is 0.254 e. The molecule has 2 heterocycles. The van der Waals surface area contributed by atoms with Crippen molar-refractivity contribution in [1.29, 1.82) is 0 Å². The van der Waals surface area contributed by atoms with Gasteiger partial charge in [-0.15, -0.1) is 0 Å². The third kappa shape index (κ3) is 3.54. The summed E-state index contributed by atoms with van der Waals surface area (Å²) >= 11 is 0. The number of carbonyl (C=O) groups is 2. The number of nitrogens with one attached hydrogen (secondary N) is 1. The number of aromatic nitrogens is 1. The number of rotatable bonds is 6. The molecule has 1 aromatic carbocycles. The van der Waals surface area contributed by atoms with Gasteiger partial charge in [-0.1, -0.05) is 50.5 Å². The van der Waals surface area contributed by atoms with Crippen LogP contribution in [-0.2, 0) is 11.3 Å². The molecule has 0 saturated heterocycles. The van der Waals surface area contributed by atoms with E-state index < -0.39 is 5.54 Å². The second kappa shape index (κ2) is 8.36. The van der Waals surface area contributed by atoms with Crippen LogP contribution in [0.5, 0.6) is 0 Å². The molecule has 1 atom stereocenters. The van der Waals surface area contributed by atoms with Crippen LogP contribution < -0.4 is 5.32 Å². The van der Waals surface area contributed by atoms with Crippen LogP contribution in [-0.4, -0.2) is 33.8 Å². The number of amides is 2. The maximum atomic E-state index is 13.5. The van der Waals surface area contributed by atoms with Crippen LogP contribution in [0.25, 0.3) is 0 Å². The van der Waals surface area contributed by atoms with E-state index in [0.29, 0.717) is 18.7 Å². The van der Waals surface area contributed by atoms with Gasteiger partial charge in [0, 0.05) is 18.3 Å². The van der Waals surface area contributed by atoms with Crippen molar-refractivity contribution >= 4 is 11.8 Å². The van der Waals surface area contributed by atoms with Gasteiger partial charge >= 0.3 is 0 Å². The molecule has 5 nitrogen and oxygen atoms in total. The van der Waals surface area contributed by atoms with Gasteiger partial charge in [-0.25, -0.2) is 0 Å². The highest BCUT2D eigenvalue weighted by atomic mass is 16.2. The van der Waals surface area contributed by atoms with Crippen molar-refractivity contribution in [1.82, 2.24) is 15.2 Å². The summed E-state index contributed by atoms with van der Waals surface area (Å²) in [7, 11) is 0. The van der Waals surface area contributed by atoms with Gasteiger partial charge in [0.25, 0.3) is 5.91 Å². The zero-order valence-corrected chi connectivity index (χ0v) is 17.1. The molecular formula is C24H29N3O2. The smallest absolute Gasteiger partial charge is 0.254 e. The molecule has 1 aliphatic heterocycles. The van der Waals surface area contributed by atoms with E-state index in [1.54, 1.807) is 6.20 Å². The molecule has 2 aromatic rings. The lowest BCUT2D eigenvalue weighted by atomic mass is 9.71. The van der Waals surface area contributed by atoms with E-state index in [0.717, 1.165) is 49.8 Å². The van der Waals surface area contributed by atoms with E-state index in [1.807, 2.05) is 47.4 Å². The van der Waals surface area contributed by atoms with E-state index in [-0.39, 0.29) is 17.7 Å². The van der Waals surface area contributed by atoms with Crippen molar-refractivity contribution in [3.8, 4) is 0 Å². The standard InChI is InChI=1S/C24H29N3O2/c1-2-3-16-27-23(29)20-12-5-4-11-19(20)21(24(27)13-7-8-14-24)22(28)26-17-18-10-6-9-15-25-18/h4-6,9-12,15,21H,2-3,7-8,13-14,16-17H2,1H3,(H,26,28)/t21-/m0/s1. The Labute approximate surface area is 172 Å². The normalized spacial score (nSPS) is 20.0. The largest absolute Gasteiger partial charge is 0.350 e. The Morgan fingerprint density at radius 2 is 1.93 bits per heavy atom. The lowest BCUT2D eigenvalue weighted by Crippen LogP contribution is -2.60. The Bertz CT molecular complexity index is 875. The van der Waals surface area contributed by atoms with E-state index in [4.69, 9.17) is 0 Å². The molecule has 2 amide bonds. The predicted molar refractivity (Wildman–Crippen MR) is 112 cm³/mol. The molecule has 1 aliphatic carbocycles. The summed E-state index contributed by atoms with van der Waals surface area (Å²) in [5, 5.41) is 3.11. The first kappa shape index (κ1) is 19.6. The van der Waals surface area contributed by atoms with Crippen molar-refractivity contribution < 1.29 is 9.59 Å². The molecule has 0 radical (unpaired) electrons. The third-order valence-corrected chi connectivity index (χ3v) is 6.46. The Hall–Kier alpha value is -2.69. The third-order valence-electron chi connectivity index (χ3n) is 6.46. The summed E-state index contributed by atoms with van der Waals surface area (Å²) in [5.41, 5.74) is 1.99. The highest BCUT2D eigenvalue weighted by Gasteiger charge is 2.55. The van der Waals surface area contributed by atoms with Gasteiger partial charge in [-0.05, 0) is 43.0 Å². The molecule has 1 saturated carbocycles. The Balaban J connectivity index is 1.71. The first-order chi connectivity index (χ1) is 14.2. The highest BCUT2D eigenvalue weighted by molar-refractivity contribution is 6.02. The lowest BCUT2D eigenvalue weighted by Gasteiger charge is -2.50. The molecule has 1 spiro atoms. The van der Waals surface area contributed by atoms with E-state index in [1.165, 1.54) is 0 Å². The number of hydrogen-bond donors (Lipinski definition) is 1. The van der Waals surface area contributed by atoms with Crippen LogP contribution in [0.3, 0.4) is 0 Å². The summed E-state index contributed by atoms with van der Waals surface area (Å²) in [6.07, 6.45) is 7.61.